The molecule has 1 unspecified atom stereocenters. The number of hydrogen-bond acceptors (Lipinski definition) is 2. The van der Waals surface area contributed by atoms with Gasteiger partial charge in [-0.05, 0) is 40.8 Å². The van der Waals surface area contributed by atoms with Gasteiger partial charge in [0.1, 0.15) is 11.0 Å². The van der Waals surface area contributed by atoms with E-state index >= 15 is 0 Å². The third-order valence-corrected chi connectivity index (χ3v) is 6.25. The van der Waals surface area contributed by atoms with Crippen molar-refractivity contribution in [2.75, 3.05) is 11.0 Å². The highest BCUT2D eigenvalue weighted by atomic mass is 32.2. The number of aryl methyl sites for hydroxylation is 1. The Bertz CT molecular complexity index is 1530. The van der Waals surface area contributed by atoms with Gasteiger partial charge >= 0.3 is 0 Å². The number of hydrogen-bond donors (Lipinski definition) is 1. The summed E-state index contributed by atoms with van der Waals surface area (Å²) in [6.45, 7) is 0.733. The van der Waals surface area contributed by atoms with E-state index in [-0.39, 0.29) is 5.56 Å². The SMILES string of the molecule is Cn1cc(-c2cc(NS(C)=O)c3ccn(Cc4ccccc4)c3c2)c2ccccc2c1=O. The minimum Gasteiger partial charge on any atom is -0.343 e. The summed E-state index contributed by atoms with van der Waals surface area (Å²) in [4.78, 5) is 12.7. The molecular weight excluding hydrogens is 418 g/mol. The van der Waals surface area contributed by atoms with E-state index < -0.39 is 11.0 Å². The van der Waals surface area contributed by atoms with Crippen molar-refractivity contribution in [2.24, 2.45) is 7.05 Å². The summed E-state index contributed by atoms with van der Waals surface area (Å²) in [5.41, 5.74) is 4.95. The van der Waals surface area contributed by atoms with Crippen LogP contribution in [0.3, 0.4) is 0 Å². The van der Waals surface area contributed by atoms with E-state index in [4.69, 9.17) is 0 Å². The highest BCUT2D eigenvalue weighted by Crippen LogP contribution is 2.35. The lowest BCUT2D eigenvalue weighted by molar-refractivity contribution is 0.690. The normalized spacial score (nSPS) is 12.3. The highest BCUT2D eigenvalue weighted by Gasteiger charge is 2.14. The van der Waals surface area contributed by atoms with Gasteiger partial charge in [-0.2, -0.15) is 0 Å². The average Bonchev–Trinajstić information content (AvgIpc) is 3.19. The molecule has 5 aromatic rings. The quantitative estimate of drug-likeness (QED) is 0.421. The molecule has 160 valence electrons. The Balaban J connectivity index is 1.76. The second-order valence-electron chi connectivity index (χ2n) is 7.95. The summed E-state index contributed by atoms with van der Waals surface area (Å²) < 4.78 is 19.0. The van der Waals surface area contributed by atoms with Crippen LogP contribution in [0.2, 0.25) is 0 Å². The Hall–Kier alpha value is -3.64. The van der Waals surface area contributed by atoms with E-state index in [1.165, 1.54) is 5.56 Å². The Morgan fingerprint density at radius 3 is 2.38 bits per heavy atom. The van der Waals surface area contributed by atoms with Crippen molar-refractivity contribution in [1.29, 1.82) is 0 Å². The first kappa shape index (κ1) is 20.3. The second-order valence-corrected chi connectivity index (χ2v) is 9.06. The lowest BCUT2D eigenvalue weighted by atomic mass is 9.99. The number of nitrogens with one attached hydrogen (secondary N) is 1. The van der Waals surface area contributed by atoms with Crippen LogP contribution in [0.4, 0.5) is 5.69 Å². The topological polar surface area (TPSA) is 56.0 Å². The largest absolute Gasteiger partial charge is 0.343 e. The van der Waals surface area contributed by atoms with Crippen LogP contribution in [-0.4, -0.2) is 19.6 Å². The molecule has 0 aliphatic carbocycles. The molecule has 32 heavy (non-hydrogen) atoms. The number of fused-ring (bicyclic) bond motifs is 2. The van der Waals surface area contributed by atoms with Gasteiger partial charge in [-0.15, -0.1) is 0 Å². The van der Waals surface area contributed by atoms with Gasteiger partial charge < -0.3 is 13.9 Å². The molecule has 5 rings (SSSR count). The summed E-state index contributed by atoms with van der Waals surface area (Å²) in [5.74, 6) is 0. The molecule has 0 aliphatic heterocycles. The molecule has 0 radical (unpaired) electrons. The van der Waals surface area contributed by atoms with Crippen molar-refractivity contribution in [3.63, 3.8) is 0 Å². The fraction of sp³-hybridized carbons (Fsp3) is 0.115. The summed E-state index contributed by atoms with van der Waals surface area (Å²) in [6, 6.07) is 24.2. The van der Waals surface area contributed by atoms with E-state index in [0.29, 0.717) is 5.39 Å². The van der Waals surface area contributed by atoms with Gasteiger partial charge in [0.2, 0.25) is 0 Å². The van der Waals surface area contributed by atoms with Crippen molar-refractivity contribution >= 4 is 38.3 Å². The van der Waals surface area contributed by atoms with Gasteiger partial charge in [0.05, 0.1) is 11.2 Å². The number of pyridine rings is 1. The Morgan fingerprint density at radius 2 is 1.62 bits per heavy atom. The molecule has 0 bridgehead atoms. The monoisotopic (exact) mass is 441 g/mol. The van der Waals surface area contributed by atoms with Crippen LogP contribution in [0.15, 0.2) is 90.0 Å². The Morgan fingerprint density at radius 1 is 0.906 bits per heavy atom. The van der Waals surface area contributed by atoms with E-state index in [1.807, 2.05) is 54.7 Å². The summed E-state index contributed by atoms with van der Waals surface area (Å²) >= 11 is 0. The molecule has 0 saturated heterocycles. The number of nitrogens with zero attached hydrogens (tertiary/aromatic N) is 2. The number of aromatic nitrogens is 2. The van der Waals surface area contributed by atoms with Crippen molar-refractivity contribution in [2.45, 2.75) is 6.54 Å². The molecular formula is C26H23N3O2S. The molecule has 6 heteroatoms. The maximum atomic E-state index is 12.7. The van der Waals surface area contributed by atoms with Gasteiger partial charge in [0, 0.05) is 48.6 Å². The summed E-state index contributed by atoms with van der Waals surface area (Å²) in [7, 11) is 0.557. The van der Waals surface area contributed by atoms with Crippen LogP contribution in [0.1, 0.15) is 5.56 Å². The molecule has 3 aromatic carbocycles. The molecule has 0 amide bonds. The van der Waals surface area contributed by atoms with E-state index in [1.54, 1.807) is 17.9 Å². The predicted octanol–water partition coefficient (Wildman–Crippen LogP) is 4.91. The first-order valence-electron chi connectivity index (χ1n) is 10.4. The Labute approximate surface area is 188 Å². The van der Waals surface area contributed by atoms with Crippen molar-refractivity contribution in [1.82, 2.24) is 9.13 Å². The lowest BCUT2D eigenvalue weighted by Crippen LogP contribution is -2.16. The summed E-state index contributed by atoms with van der Waals surface area (Å²) in [6.07, 6.45) is 5.56. The molecule has 5 nitrogen and oxygen atoms in total. The van der Waals surface area contributed by atoms with Gasteiger partial charge in [-0.1, -0.05) is 48.5 Å². The number of rotatable bonds is 5. The zero-order valence-electron chi connectivity index (χ0n) is 17.9. The van der Waals surface area contributed by atoms with Crippen LogP contribution in [0.25, 0.3) is 32.8 Å². The molecule has 2 aromatic heterocycles. The molecule has 0 saturated carbocycles. The maximum Gasteiger partial charge on any atom is 0.258 e. The first-order valence-corrected chi connectivity index (χ1v) is 11.9. The number of anilines is 1. The van der Waals surface area contributed by atoms with Gasteiger partial charge in [0.15, 0.2) is 0 Å². The van der Waals surface area contributed by atoms with Crippen molar-refractivity contribution in [3.8, 4) is 11.1 Å². The minimum atomic E-state index is -1.22. The van der Waals surface area contributed by atoms with Crippen LogP contribution in [0.5, 0.6) is 0 Å². The molecule has 0 fully saturated rings. The third kappa shape index (κ3) is 3.63. The molecule has 1 N–H and O–H groups in total. The fourth-order valence-electron chi connectivity index (χ4n) is 4.25. The van der Waals surface area contributed by atoms with Gasteiger partial charge in [0.25, 0.3) is 5.56 Å². The third-order valence-electron chi connectivity index (χ3n) is 5.74. The van der Waals surface area contributed by atoms with E-state index in [2.05, 4.69) is 39.8 Å². The standard InChI is InChI=1S/C26H23N3O2S/c1-28-17-23(20-10-6-7-11-21(20)26(28)30)19-14-24(27-32(2)31)22-12-13-29(25(22)15-19)16-18-8-4-3-5-9-18/h3-15,17,27H,16H2,1-2H3. The van der Waals surface area contributed by atoms with E-state index in [9.17, 15) is 9.00 Å². The summed E-state index contributed by atoms with van der Waals surface area (Å²) in [5, 5.41) is 2.59. The van der Waals surface area contributed by atoms with Gasteiger partial charge in [-0.25, -0.2) is 4.21 Å². The van der Waals surface area contributed by atoms with Gasteiger partial charge in [-0.3, -0.25) is 4.79 Å². The Kier molecular flexibility index (Phi) is 5.15. The van der Waals surface area contributed by atoms with E-state index in [0.717, 1.165) is 39.6 Å². The molecule has 2 heterocycles. The van der Waals surface area contributed by atoms with Crippen LogP contribution in [0, 0.1) is 0 Å². The zero-order valence-corrected chi connectivity index (χ0v) is 18.7. The number of benzene rings is 3. The zero-order chi connectivity index (χ0) is 22.2. The van der Waals surface area contributed by atoms with Crippen LogP contribution in [-0.2, 0) is 24.6 Å². The first-order chi connectivity index (χ1) is 15.5. The average molecular weight is 442 g/mol. The smallest absolute Gasteiger partial charge is 0.258 e. The minimum absolute atomic E-state index is 0.0223. The second kappa shape index (κ2) is 8.13. The lowest BCUT2D eigenvalue weighted by Gasteiger charge is -2.14. The van der Waals surface area contributed by atoms with Crippen LogP contribution < -0.4 is 10.3 Å². The highest BCUT2D eigenvalue weighted by molar-refractivity contribution is 7.85. The van der Waals surface area contributed by atoms with Crippen molar-refractivity contribution in [3.05, 3.63) is 101 Å². The van der Waals surface area contributed by atoms with Crippen LogP contribution >= 0.6 is 0 Å². The maximum absolute atomic E-state index is 12.7. The van der Waals surface area contributed by atoms with Crippen molar-refractivity contribution < 1.29 is 4.21 Å². The molecule has 0 aliphatic rings. The molecule has 0 spiro atoms. The fourth-order valence-corrected chi connectivity index (χ4v) is 4.73. The predicted molar refractivity (Wildman–Crippen MR) is 133 cm³/mol. The molecule has 1 atom stereocenters.